The van der Waals surface area contributed by atoms with E-state index in [4.69, 9.17) is 11.6 Å². The van der Waals surface area contributed by atoms with E-state index in [1.807, 2.05) is 17.8 Å². The van der Waals surface area contributed by atoms with Crippen molar-refractivity contribution in [2.45, 2.75) is 28.3 Å². The average molecular weight is 588 g/mol. The second-order valence-electron chi connectivity index (χ2n) is 9.41. The Balaban J connectivity index is 0.00000133. The van der Waals surface area contributed by atoms with E-state index in [-0.39, 0.29) is 36.3 Å². The van der Waals surface area contributed by atoms with E-state index in [1.54, 1.807) is 0 Å². The van der Waals surface area contributed by atoms with Crippen LogP contribution in [0.1, 0.15) is 34.3 Å². The summed E-state index contributed by atoms with van der Waals surface area (Å²) >= 11 is 8.39. The van der Waals surface area contributed by atoms with Gasteiger partial charge in [0.25, 0.3) is 0 Å². The third-order valence-electron chi connectivity index (χ3n) is 7.32. The van der Waals surface area contributed by atoms with Crippen LogP contribution in [0.5, 0.6) is 0 Å². The van der Waals surface area contributed by atoms with E-state index in [1.165, 1.54) is 32.0 Å². The summed E-state index contributed by atoms with van der Waals surface area (Å²) in [5, 5.41) is 0.826. The first kappa shape index (κ1) is 30.5. The van der Waals surface area contributed by atoms with Gasteiger partial charge in [0.05, 0.1) is 6.04 Å². The summed E-state index contributed by atoms with van der Waals surface area (Å²) in [5.74, 6) is 0. The Morgan fingerprint density at radius 1 is 0.684 bits per heavy atom. The Bertz CT molecular complexity index is 1260. The Hall–Kier alpha value is -2.02. The molecule has 1 saturated heterocycles. The van der Waals surface area contributed by atoms with E-state index in [2.05, 4.69) is 107 Å². The van der Waals surface area contributed by atoms with Gasteiger partial charge < -0.3 is 5.48 Å². The Morgan fingerprint density at radius 2 is 1.26 bits per heavy atom. The van der Waals surface area contributed by atoms with E-state index in [0.717, 1.165) is 37.6 Å². The van der Waals surface area contributed by atoms with Crippen molar-refractivity contribution in [3.8, 4) is 0 Å². The smallest absolute Gasteiger partial charge is 0.0602 e. The minimum Gasteiger partial charge on any atom is -0.412 e. The van der Waals surface area contributed by atoms with Crippen LogP contribution in [0.25, 0.3) is 0 Å². The maximum Gasteiger partial charge on any atom is 0.0602 e. The van der Waals surface area contributed by atoms with Gasteiger partial charge in [-0.05, 0) is 52.9 Å². The zero-order valence-electron chi connectivity index (χ0n) is 21.0. The van der Waals surface area contributed by atoms with Gasteiger partial charge in [0.15, 0.2) is 0 Å². The number of fused-ring (bicyclic) bond motifs is 2. The van der Waals surface area contributed by atoms with Crippen LogP contribution in [0.15, 0.2) is 113 Å². The number of piperazine rings is 1. The molecular weight excluding hydrogens is 555 g/mol. The van der Waals surface area contributed by atoms with Gasteiger partial charge in [-0.3, -0.25) is 9.80 Å². The van der Waals surface area contributed by atoms with Crippen molar-refractivity contribution < 1.29 is 5.48 Å². The number of benzene rings is 4. The molecule has 6 rings (SSSR count). The predicted molar refractivity (Wildman–Crippen MR) is 164 cm³/mol. The van der Waals surface area contributed by atoms with Gasteiger partial charge in [-0.15, -0.1) is 24.8 Å². The minimum atomic E-state index is 0. The van der Waals surface area contributed by atoms with Gasteiger partial charge in [0.2, 0.25) is 0 Å². The summed E-state index contributed by atoms with van der Waals surface area (Å²) in [6.07, 6.45) is 1.03. The molecule has 2 N–H and O–H groups in total. The Kier molecular flexibility index (Phi) is 11.1. The summed E-state index contributed by atoms with van der Waals surface area (Å²) in [6, 6.07) is 37.8. The molecular formula is C31H33Cl3N2OS. The molecule has 4 aromatic rings. The van der Waals surface area contributed by atoms with Gasteiger partial charge in [0, 0.05) is 47.0 Å². The number of hydrogen-bond donors (Lipinski definition) is 0. The van der Waals surface area contributed by atoms with Crippen molar-refractivity contribution >= 4 is 48.2 Å². The van der Waals surface area contributed by atoms with Crippen molar-refractivity contribution in [3.63, 3.8) is 0 Å². The van der Waals surface area contributed by atoms with E-state index in [0.29, 0.717) is 6.04 Å². The standard InChI is InChI=1S/C31H29ClN2S.2ClH.H2O/c32-26-15-16-30-27(22-26)28(21-25-13-7-8-14-29(25)35-30)33-17-19-34(20-18-33)31(23-9-3-1-4-10-23)24-11-5-2-6-12-24;;;/h1-16,22,28,31H,17-21H2;2*1H;1H2. The van der Waals surface area contributed by atoms with Gasteiger partial charge in [-0.2, -0.15) is 0 Å². The fourth-order valence-electron chi connectivity index (χ4n) is 5.60. The lowest BCUT2D eigenvalue weighted by Crippen LogP contribution is -2.49. The zero-order valence-corrected chi connectivity index (χ0v) is 24.2. The van der Waals surface area contributed by atoms with Crippen LogP contribution in [0.2, 0.25) is 5.02 Å². The molecule has 1 fully saturated rings. The monoisotopic (exact) mass is 586 g/mol. The van der Waals surface area contributed by atoms with Crippen LogP contribution in [-0.2, 0) is 6.42 Å². The quantitative estimate of drug-likeness (QED) is 0.248. The summed E-state index contributed by atoms with van der Waals surface area (Å²) in [5.41, 5.74) is 5.53. The molecule has 0 amide bonds. The van der Waals surface area contributed by atoms with Crippen molar-refractivity contribution in [1.29, 1.82) is 0 Å². The molecule has 4 aromatic carbocycles. The zero-order chi connectivity index (χ0) is 23.6. The first-order chi connectivity index (χ1) is 17.3. The summed E-state index contributed by atoms with van der Waals surface area (Å²) < 4.78 is 0. The number of nitrogens with zero attached hydrogens (tertiary/aromatic N) is 2. The molecule has 1 unspecified atom stereocenters. The lowest BCUT2D eigenvalue weighted by atomic mass is 9.94. The van der Waals surface area contributed by atoms with Crippen LogP contribution in [-0.4, -0.2) is 41.5 Å². The summed E-state index contributed by atoms with van der Waals surface area (Å²) in [6.45, 7) is 4.16. The SMILES string of the molecule is Cl.Cl.Clc1ccc2c(c1)C(N1CCN(C(c3ccccc3)c3ccccc3)CC1)Cc1ccccc1S2.O. The second kappa shape index (κ2) is 13.9. The Labute approximate surface area is 247 Å². The van der Waals surface area contributed by atoms with Gasteiger partial charge in [-0.1, -0.05) is 102 Å². The summed E-state index contributed by atoms with van der Waals surface area (Å²) in [4.78, 5) is 8.03. The molecule has 3 nitrogen and oxygen atoms in total. The second-order valence-corrected chi connectivity index (χ2v) is 10.9. The van der Waals surface area contributed by atoms with Crippen molar-refractivity contribution in [2.24, 2.45) is 0 Å². The maximum atomic E-state index is 6.51. The van der Waals surface area contributed by atoms with Crippen LogP contribution in [0.4, 0.5) is 0 Å². The molecule has 0 saturated carbocycles. The first-order valence-electron chi connectivity index (χ1n) is 12.4. The molecule has 2 heterocycles. The van der Waals surface area contributed by atoms with Crippen LogP contribution in [0.3, 0.4) is 0 Å². The topological polar surface area (TPSA) is 38.0 Å². The molecule has 2 aliphatic heterocycles. The maximum absolute atomic E-state index is 6.51. The molecule has 0 radical (unpaired) electrons. The largest absolute Gasteiger partial charge is 0.412 e. The normalized spacial score (nSPS) is 17.2. The fraction of sp³-hybridized carbons (Fsp3) is 0.226. The third-order valence-corrected chi connectivity index (χ3v) is 8.77. The molecule has 200 valence electrons. The molecule has 2 aliphatic rings. The number of rotatable bonds is 4. The van der Waals surface area contributed by atoms with E-state index < -0.39 is 0 Å². The van der Waals surface area contributed by atoms with Gasteiger partial charge >= 0.3 is 0 Å². The molecule has 1 atom stereocenters. The predicted octanol–water partition coefficient (Wildman–Crippen LogP) is 7.51. The molecule has 7 heteroatoms. The highest BCUT2D eigenvalue weighted by Gasteiger charge is 2.32. The molecule has 0 spiro atoms. The fourth-order valence-corrected chi connectivity index (χ4v) is 6.89. The number of hydrogen-bond acceptors (Lipinski definition) is 3. The van der Waals surface area contributed by atoms with Crippen molar-refractivity contribution in [3.05, 3.63) is 130 Å². The lowest BCUT2D eigenvalue weighted by Gasteiger charge is -2.43. The van der Waals surface area contributed by atoms with E-state index >= 15 is 0 Å². The molecule has 0 aliphatic carbocycles. The molecule has 0 aromatic heterocycles. The molecule has 0 bridgehead atoms. The summed E-state index contributed by atoms with van der Waals surface area (Å²) in [7, 11) is 0. The van der Waals surface area contributed by atoms with Crippen molar-refractivity contribution in [1.82, 2.24) is 9.80 Å². The van der Waals surface area contributed by atoms with E-state index in [9.17, 15) is 0 Å². The highest BCUT2D eigenvalue weighted by atomic mass is 35.5. The first-order valence-corrected chi connectivity index (χ1v) is 13.6. The average Bonchev–Trinajstić information content (AvgIpc) is 3.07. The number of halogens is 3. The highest BCUT2D eigenvalue weighted by Crippen LogP contribution is 2.44. The van der Waals surface area contributed by atoms with Crippen LogP contribution >= 0.6 is 48.2 Å². The minimum absolute atomic E-state index is 0. The van der Waals surface area contributed by atoms with Gasteiger partial charge in [-0.25, -0.2) is 0 Å². The lowest BCUT2D eigenvalue weighted by molar-refractivity contribution is 0.0773. The van der Waals surface area contributed by atoms with Crippen LogP contribution < -0.4 is 0 Å². The third kappa shape index (κ3) is 6.40. The van der Waals surface area contributed by atoms with Crippen molar-refractivity contribution in [2.75, 3.05) is 26.2 Å². The van der Waals surface area contributed by atoms with Gasteiger partial charge in [0.1, 0.15) is 0 Å². The molecule has 38 heavy (non-hydrogen) atoms. The highest BCUT2D eigenvalue weighted by molar-refractivity contribution is 7.99. The van der Waals surface area contributed by atoms with Crippen LogP contribution in [0, 0.1) is 0 Å². The Morgan fingerprint density at radius 3 is 1.89 bits per heavy atom.